The fourth-order valence-corrected chi connectivity index (χ4v) is 2.61. The minimum Gasteiger partial charge on any atom is -0.485 e. The van der Waals surface area contributed by atoms with Crippen LogP contribution in [0.4, 0.5) is 4.39 Å². The number of ether oxygens (including phenoxy) is 1. The maximum Gasteiger partial charge on any atom is 0.165 e. The van der Waals surface area contributed by atoms with Crippen LogP contribution in [0.1, 0.15) is 22.2 Å². The molecule has 0 unspecified atom stereocenters. The third-order valence-corrected chi connectivity index (χ3v) is 4.09. The fourth-order valence-electron chi connectivity index (χ4n) is 1.61. The van der Waals surface area contributed by atoms with E-state index in [0.717, 1.165) is 11.3 Å². The summed E-state index contributed by atoms with van der Waals surface area (Å²) in [5.41, 5.74) is 5.95. The summed E-state index contributed by atoms with van der Waals surface area (Å²) in [5, 5.41) is 0. The van der Waals surface area contributed by atoms with Crippen molar-refractivity contribution < 1.29 is 9.13 Å². The lowest BCUT2D eigenvalue weighted by molar-refractivity contribution is 0.293. The highest BCUT2D eigenvalue weighted by molar-refractivity contribution is 7.80. The van der Waals surface area contributed by atoms with Gasteiger partial charge in [0.05, 0.1) is 0 Å². The number of halogens is 1. The van der Waals surface area contributed by atoms with E-state index in [-0.39, 0.29) is 10.7 Å². The molecule has 100 valence electrons. The number of thiocarbonyl (C=S) groups is 1. The molecule has 0 fully saturated rings. The molecule has 0 aliphatic carbocycles. The van der Waals surface area contributed by atoms with Crippen LogP contribution in [0.15, 0.2) is 30.3 Å². The first-order valence-corrected chi connectivity index (χ1v) is 7.12. The van der Waals surface area contributed by atoms with Crippen LogP contribution >= 0.6 is 23.6 Å². The Balaban J connectivity index is 2.05. The van der Waals surface area contributed by atoms with Gasteiger partial charge < -0.3 is 10.5 Å². The monoisotopic (exact) mass is 295 g/mol. The molecule has 1 aromatic carbocycles. The number of rotatable bonds is 5. The summed E-state index contributed by atoms with van der Waals surface area (Å²) in [5.74, 6) is -0.232. The van der Waals surface area contributed by atoms with Crippen molar-refractivity contribution in [2.24, 2.45) is 5.73 Å². The van der Waals surface area contributed by atoms with Crippen LogP contribution < -0.4 is 10.5 Å². The van der Waals surface area contributed by atoms with Crippen molar-refractivity contribution in [3.05, 3.63) is 51.5 Å². The van der Waals surface area contributed by atoms with Crippen molar-refractivity contribution in [3.63, 3.8) is 0 Å². The van der Waals surface area contributed by atoms with Gasteiger partial charge in [0.1, 0.15) is 11.6 Å². The zero-order valence-electron chi connectivity index (χ0n) is 10.5. The lowest BCUT2D eigenvalue weighted by Crippen LogP contribution is -2.09. The van der Waals surface area contributed by atoms with Crippen LogP contribution in [-0.2, 0) is 13.0 Å². The zero-order chi connectivity index (χ0) is 13.8. The van der Waals surface area contributed by atoms with Crippen molar-refractivity contribution in [1.29, 1.82) is 0 Å². The Hall–Kier alpha value is -1.46. The van der Waals surface area contributed by atoms with E-state index in [9.17, 15) is 4.39 Å². The lowest BCUT2D eigenvalue weighted by atomic mass is 10.2. The van der Waals surface area contributed by atoms with Gasteiger partial charge in [-0.25, -0.2) is 4.39 Å². The van der Waals surface area contributed by atoms with E-state index in [4.69, 9.17) is 22.7 Å². The van der Waals surface area contributed by atoms with Crippen LogP contribution in [0.5, 0.6) is 5.75 Å². The van der Waals surface area contributed by atoms with Crippen molar-refractivity contribution in [2.45, 2.75) is 20.0 Å². The molecule has 2 N–H and O–H groups in total. The van der Waals surface area contributed by atoms with Gasteiger partial charge in [0.2, 0.25) is 0 Å². The van der Waals surface area contributed by atoms with Crippen LogP contribution in [0, 0.1) is 5.82 Å². The molecular weight excluding hydrogens is 281 g/mol. The standard InChI is InChI=1S/C14H14FNOS2/c1-2-10-4-5-11(19-10)8-17-13-6-3-9(14(16)18)7-12(13)15/h3-7H,2,8H2,1H3,(H2,16,18). The molecule has 0 radical (unpaired) electrons. The van der Waals surface area contributed by atoms with Gasteiger partial charge in [0.25, 0.3) is 0 Å². The minimum absolute atomic E-state index is 0.177. The molecule has 0 saturated heterocycles. The van der Waals surface area contributed by atoms with Crippen LogP contribution in [0.25, 0.3) is 0 Å². The van der Waals surface area contributed by atoms with Crippen molar-refractivity contribution in [2.75, 3.05) is 0 Å². The predicted octanol–water partition coefficient (Wildman–Crippen LogP) is 3.66. The second-order valence-corrected chi connectivity index (χ2v) is 5.71. The van der Waals surface area contributed by atoms with Crippen molar-refractivity contribution in [3.8, 4) is 5.75 Å². The van der Waals surface area contributed by atoms with Gasteiger partial charge in [-0.1, -0.05) is 19.1 Å². The number of thiophene rings is 1. The first-order chi connectivity index (χ1) is 9.10. The summed E-state index contributed by atoms with van der Waals surface area (Å²) in [6.07, 6.45) is 1.00. The summed E-state index contributed by atoms with van der Waals surface area (Å²) < 4.78 is 19.2. The van der Waals surface area contributed by atoms with E-state index in [1.54, 1.807) is 23.5 Å². The minimum atomic E-state index is -0.447. The Morgan fingerprint density at radius 1 is 1.32 bits per heavy atom. The van der Waals surface area contributed by atoms with Gasteiger partial charge in [-0.05, 0) is 36.8 Å². The maximum atomic E-state index is 13.7. The molecule has 2 aromatic rings. The maximum absolute atomic E-state index is 13.7. The third-order valence-electron chi connectivity index (χ3n) is 2.65. The Morgan fingerprint density at radius 2 is 2.05 bits per heavy atom. The van der Waals surface area contributed by atoms with Gasteiger partial charge >= 0.3 is 0 Å². The molecule has 1 heterocycles. The number of nitrogens with two attached hydrogens (primary N) is 1. The van der Waals surface area contributed by atoms with E-state index >= 15 is 0 Å². The van der Waals surface area contributed by atoms with Gasteiger partial charge in [0, 0.05) is 15.3 Å². The molecule has 0 spiro atoms. The highest BCUT2D eigenvalue weighted by atomic mass is 32.1. The molecule has 2 nitrogen and oxygen atoms in total. The molecule has 1 aromatic heterocycles. The molecule has 0 saturated carbocycles. The molecule has 5 heteroatoms. The predicted molar refractivity (Wildman–Crippen MR) is 80.3 cm³/mol. The zero-order valence-corrected chi connectivity index (χ0v) is 12.1. The molecule has 0 atom stereocenters. The Bertz CT molecular complexity index is 595. The molecule has 0 aliphatic heterocycles. The molecule has 0 aliphatic rings. The van der Waals surface area contributed by atoms with E-state index in [1.807, 2.05) is 6.07 Å². The smallest absolute Gasteiger partial charge is 0.165 e. The van der Waals surface area contributed by atoms with Crippen LogP contribution in [-0.4, -0.2) is 4.99 Å². The normalized spacial score (nSPS) is 10.4. The summed E-state index contributed by atoms with van der Waals surface area (Å²) in [6, 6.07) is 8.58. The summed E-state index contributed by atoms with van der Waals surface area (Å²) in [6.45, 7) is 2.47. The second-order valence-electron chi connectivity index (χ2n) is 4.02. The van der Waals surface area contributed by atoms with E-state index in [0.29, 0.717) is 12.2 Å². The van der Waals surface area contributed by atoms with E-state index in [1.165, 1.54) is 10.9 Å². The Labute approximate surface area is 121 Å². The van der Waals surface area contributed by atoms with Crippen molar-refractivity contribution >= 4 is 28.5 Å². The van der Waals surface area contributed by atoms with E-state index in [2.05, 4.69) is 13.0 Å². The van der Waals surface area contributed by atoms with Gasteiger partial charge in [0.15, 0.2) is 11.6 Å². The summed E-state index contributed by atoms with van der Waals surface area (Å²) in [4.78, 5) is 2.55. The molecule has 19 heavy (non-hydrogen) atoms. The van der Waals surface area contributed by atoms with Crippen LogP contribution in [0.2, 0.25) is 0 Å². The quantitative estimate of drug-likeness (QED) is 0.855. The topological polar surface area (TPSA) is 35.2 Å². The fraction of sp³-hybridized carbons (Fsp3) is 0.214. The molecular formula is C14H14FNOS2. The van der Waals surface area contributed by atoms with Crippen molar-refractivity contribution in [1.82, 2.24) is 0 Å². The number of benzene rings is 1. The number of hydrogen-bond acceptors (Lipinski definition) is 3. The average molecular weight is 295 g/mol. The van der Waals surface area contributed by atoms with Crippen LogP contribution in [0.3, 0.4) is 0 Å². The summed E-state index contributed by atoms with van der Waals surface area (Å²) in [7, 11) is 0. The first kappa shape index (κ1) is 14.0. The Morgan fingerprint density at radius 3 is 2.63 bits per heavy atom. The number of hydrogen-bond donors (Lipinski definition) is 1. The average Bonchev–Trinajstić information content (AvgIpc) is 2.85. The molecule has 0 bridgehead atoms. The van der Waals surface area contributed by atoms with E-state index < -0.39 is 5.82 Å². The largest absolute Gasteiger partial charge is 0.485 e. The SMILES string of the molecule is CCc1ccc(COc2ccc(C(N)=S)cc2F)s1. The van der Waals surface area contributed by atoms with Gasteiger partial charge in [-0.3, -0.25) is 0 Å². The highest BCUT2D eigenvalue weighted by Crippen LogP contribution is 2.22. The lowest BCUT2D eigenvalue weighted by Gasteiger charge is -2.07. The third kappa shape index (κ3) is 3.52. The molecule has 2 rings (SSSR count). The van der Waals surface area contributed by atoms with Gasteiger partial charge in [-0.15, -0.1) is 11.3 Å². The summed E-state index contributed by atoms with van der Waals surface area (Å²) >= 11 is 6.47. The number of aryl methyl sites for hydroxylation is 1. The van der Waals surface area contributed by atoms with Gasteiger partial charge in [-0.2, -0.15) is 0 Å². The highest BCUT2D eigenvalue weighted by Gasteiger charge is 2.07. The first-order valence-electron chi connectivity index (χ1n) is 5.90. The molecule has 0 amide bonds. The second kappa shape index (κ2) is 6.12. The Kier molecular flexibility index (Phi) is 4.50.